The highest BCUT2D eigenvalue weighted by Crippen LogP contribution is 1.98. The minimum absolute atomic E-state index is 0.183. The van der Waals surface area contributed by atoms with Crippen molar-refractivity contribution in [3.05, 3.63) is 36.5 Å². The first-order valence-corrected chi connectivity index (χ1v) is 4.77. The van der Waals surface area contributed by atoms with Crippen LogP contribution in [0.25, 0.3) is 0 Å². The normalized spacial score (nSPS) is 13.5. The predicted octanol–water partition coefficient (Wildman–Crippen LogP) is 1.43. The van der Waals surface area contributed by atoms with Gasteiger partial charge in [-0.1, -0.05) is 24.8 Å². The van der Waals surface area contributed by atoms with Crippen molar-refractivity contribution in [3.8, 4) is 0 Å². The van der Waals surface area contributed by atoms with Gasteiger partial charge in [0.05, 0.1) is 0 Å². The minimum atomic E-state index is -0.590. The van der Waals surface area contributed by atoms with Crippen LogP contribution < -0.4 is 0 Å². The van der Waals surface area contributed by atoms with Crippen LogP contribution >= 0.6 is 0 Å². The van der Waals surface area contributed by atoms with Crippen molar-refractivity contribution in [1.82, 2.24) is 0 Å². The van der Waals surface area contributed by atoms with Crippen LogP contribution in [0, 0.1) is 0 Å². The van der Waals surface area contributed by atoms with Crippen LogP contribution in [0.15, 0.2) is 36.5 Å². The summed E-state index contributed by atoms with van der Waals surface area (Å²) >= 11 is 0. The van der Waals surface area contributed by atoms with Crippen molar-refractivity contribution < 1.29 is 19.1 Å². The smallest absolute Gasteiger partial charge is 0.334 e. The molecule has 88 valence electrons. The molecule has 0 fully saturated rings. The van der Waals surface area contributed by atoms with Crippen LogP contribution in [0.4, 0.5) is 0 Å². The van der Waals surface area contributed by atoms with Crippen LogP contribution in [0.2, 0.25) is 0 Å². The molecule has 4 nitrogen and oxygen atoms in total. The predicted molar refractivity (Wildman–Crippen MR) is 60.9 cm³/mol. The molecule has 0 rings (SSSR count). The molecular formula is C12H16O4. The largest absolute Gasteiger partial charge is 0.458 e. The highest BCUT2D eigenvalue weighted by atomic mass is 16.5. The molecule has 0 aliphatic carbocycles. The number of aldehydes is 1. The molecule has 0 unspecified atom stereocenters. The third-order valence-electron chi connectivity index (χ3n) is 1.71. The van der Waals surface area contributed by atoms with E-state index in [2.05, 4.69) is 6.58 Å². The van der Waals surface area contributed by atoms with Gasteiger partial charge in [-0.25, -0.2) is 4.79 Å². The van der Waals surface area contributed by atoms with Crippen LogP contribution in [0.5, 0.6) is 0 Å². The summed E-state index contributed by atoms with van der Waals surface area (Å²) < 4.78 is 9.60. The molecule has 0 aromatic rings. The lowest BCUT2D eigenvalue weighted by molar-refractivity contribution is -0.137. The number of allylic oxidation sites excluding steroid dienone is 2. The van der Waals surface area contributed by atoms with E-state index in [9.17, 15) is 9.59 Å². The van der Waals surface area contributed by atoms with E-state index in [0.717, 1.165) is 0 Å². The average Bonchev–Trinajstić information content (AvgIpc) is 2.31. The van der Waals surface area contributed by atoms with Crippen molar-refractivity contribution >= 4 is 12.3 Å². The molecule has 0 saturated carbocycles. The zero-order chi connectivity index (χ0) is 12.4. The molecule has 0 radical (unpaired) electrons. The number of esters is 1. The fourth-order valence-electron chi connectivity index (χ4n) is 0.805. The quantitative estimate of drug-likeness (QED) is 0.216. The van der Waals surface area contributed by atoms with E-state index in [0.29, 0.717) is 11.9 Å². The molecule has 1 atom stereocenters. The molecule has 0 aromatic carbocycles. The van der Waals surface area contributed by atoms with Gasteiger partial charge in [-0.2, -0.15) is 0 Å². The van der Waals surface area contributed by atoms with Gasteiger partial charge >= 0.3 is 5.97 Å². The molecular weight excluding hydrogens is 208 g/mol. The minimum Gasteiger partial charge on any atom is -0.458 e. The first kappa shape index (κ1) is 14.3. The Morgan fingerprint density at radius 3 is 2.69 bits per heavy atom. The third kappa shape index (κ3) is 5.93. The summed E-state index contributed by atoms with van der Waals surface area (Å²) in [7, 11) is 1.43. The summed E-state index contributed by atoms with van der Waals surface area (Å²) in [6.07, 6.45) is 6.24. The van der Waals surface area contributed by atoms with Gasteiger partial charge in [-0.05, 0) is 13.0 Å². The number of carbonyl (C=O) groups is 2. The fraction of sp³-hybridized carbons (Fsp3) is 0.333. The Balaban J connectivity index is 4.26. The van der Waals surface area contributed by atoms with Crippen LogP contribution in [-0.4, -0.2) is 32.1 Å². The van der Waals surface area contributed by atoms with Gasteiger partial charge in [0.1, 0.15) is 12.7 Å². The zero-order valence-electron chi connectivity index (χ0n) is 9.51. The van der Waals surface area contributed by atoms with Crippen LogP contribution in [0.1, 0.15) is 6.92 Å². The Labute approximate surface area is 95.2 Å². The van der Waals surface area contributed by atoms with Gasteiger partial charge in [0.2, 0.25) is 0 Å². The molecule has 0 aliphatic heterocycles. The molecule has 0 aliphatic rings. The number of rotatable bonds is 7. The van der Waals surface area contributed by atoms with Gasteiger partial charge in [0.25, 0.3) is 0 Å². The number of carbonyl (C=O) groups excluding carboxylic acids is 2. The summed E-state index contributed by atoms with van der Waals surface area (Å²) in [6, 6.07) is 0. The molecule has 0 bridgehead atoms. The van der Waals surface area contributed by atoms with Gasteiger partial charge < -0.3 is 14.3 Å². The maximum absolute atomic E-state index is 11.2. The average molecular weight is 224 g/mol. The summed E-state index contributed by atoms with van der Waals surface area (Å²) in [5.74, 6) is -0.412. The zero-order valence-corrected chi connectivity index (χ0v) is 9.51. The first-order valence-electron chi connectivity index (χ1n) is 4.77. The SMILES string of the molecule is C=CCOC(=O)/C(C)=C/C=C/[C@@H](C=O)OC. The van der Waals surface area contributed by atoms with E-state index in [-0.39, 0.29) is 6.61 Å². The first-order chi connectivity index (χ1) is 7.65. The van der Waals surface area contributed by atoms with Gasteiger partial charge in [-0.3, -0.25) is 0 Å². The second kappa shape index (κ2) is 8.61. The maximum atomic E-state index is 11.2. The van der Waals surface area contributed by atoms with E-state index in [1.807, 2.05) is 0 Å². The number of methoxy groups -OCH3 is 1. The molecule has 16 heavy (non-hydrogen) atoms. The lowest BCUT2D eigenvalue weighted by Gasteiger charge is -2.01. The second-order valence-corrected chi connectivity index (χ2v) is 2.96. The van der Waals surface area contributed by atoms with Crippen molar-refractivity contribution in [3.63, 3.8) is 0 Å². The molecule has 0 amide bonds. The number of hydrogen-bond acceptors (Lipinski definition) is 4. The van der Waals surface area contributed by atoms with E-state index < -0.39 is 12.1 Å². The summed E-state index contributed by atoms with van der Waals surface area (Å²) in [4.78, 5) is 21.6. The Morgan fingerprint density at radius 2 is 2.19 bits per heavy atom. The highest BCUT2D eigenvalue weighted by Gasteiger charge is 2.03. The lowest BCUT2D eigenvalue weighted by atomic mass is 10.2. The van der Waals surface area contributed by atoms with Crippen molar-refractivity contribution in [2.75, 3.05) is 13.7 Å². The topological polar surface area (TPSA) is 52.6 Å². The number of ether oxygens (including phenoxy) is 2. The molecule has 0 saturated heterocycles. The number of hydrogen-bond donors (Lipinski definition) is 0. The Kier molecular flexibility index (Phi) is 7.71. The van der Waals surface area contributed by atoms with Crippen molar-refractivity contribution in [2.45, 2.75) is 13.0 Å². The fourth-order valence-corrected chi connectivity index (χ4v) is 0.805. The Hall–Kier alpha value is -1.68. The highest BCUT2D eigenvalue weighted by molar-refractivity contribution is 5.88. The molecule has 0 spiro atoms. The molecule has 0 N–H and O–H groups in total. The van der Waals surface area contributed by atoms with Gasteiger partial charge in [0, 0.05) is 12.7 Å². The maximum Gasteiger partial charge on any atom is 0.334 e. The summed E-state index contributed by atoms with van der Waals surface area (Å²) in [5.41, 5.74) is 0.443. The summed E-state index contributed by atoms with van der Waals surface area (Å²) in [6.45, 7) is 5.24. The van der Waals surface area contributed by atoms with E-state index in [1.165, 1.54) is 19.3 Å². The standard InChI is InChI=1S/C12H16O4/c1-4-8-16-12(14)10(2)6-5-7-11(9-13)15-3/h4-7,9,11H,1,8H2,2-3H3/b7-5+,10-6+/t11-/m0/s1. The van der Waals surface area contributed by atoms with Crippen molar-refractivity contribution in [1.29, 1.82) is 0 Å². The molecule has 0 heterocycles. The molecule has 4 heteroatoms. The van der Waals surface area contributed by atoms with Crippen LogP contribution in [-0.2, 0) is 19.1 Å². The van der Waals surface area contributed by atoms with Gasteiger partial charge in [-0.15, -0.1) is 0 Å². The van der Waals surface area contributed by atoms with E-state index in [1.54, 1.807) is 19.1 Å². The summed E-state index contributed by atoms with van der Waals surface area (Å²) in [5, 5.41) is 0. The monoisotopic (exact) mass is 224 g/mol. The van der Waals surface area contributed by atoms with Gasteiger partial charge in [0.15, 0.2) is 6.29 Å². The van der Waals surface area contributed by atoms with Crippen LogP contribution in [0.3, 0.4) is 0 Å². The van der Waals surface area contributed by atoms with E-state index >= 15 is 0 Å². The molecule has 0 aromatic heterocycles. The Bertz CT molecular complexity index is 302. The Morgan fingerprint density at radius 1 is 1.50 bits per heavy atom. The second-order valence-electron chi connectivity index (χ2n) is 2.96. The lowest BCUT2D eigenvalue weighted by Crippen LogP contribution is -2.07. The van der Waals surface area contributed by atoms with Crippen molar-refractivity contribution in [2.24, 2.45) is 0 Å². The van der Waals surface area contributed by atoms with E-state index in [4.69, 9.17) is 9.47 Å². The third-order valence-corrected chi connectivity index (χ3v) is 1.71.